The van der Waals surface area contributed by atoms with E-state index in [0.717, 1.165) is 18.6 Å². The summed E-state index contributed by atoms with van der Waals surface area (Å²) in [5.74, 6) is 0.961. The first-order valence-electron chi connectivity index (χ1n) is 6.57. The van der Waals surface area contributed by atoms with Gasteiger partial charge in [-0.05, 0) is 37.5 Å². The van der Waals surface area contributed by atoms with Crippen LogP contribution in [0.1, 0.15) is 17.7 Å². The van der Waals surface area contributed by atoms with Crippen molar-refractivity contribution in [3.05, 3.63) is 47.8 Å². The monoisotopic (exact) mass is 275 g/mol. The first kappa shape index (κ1) is 14.2. The Morgan fingerprint density at radius 3 is 2.79 bits per heavy atom. The van der Waals surface area contributed by atoms with Crippen LogP contribution < -0.4 is 5.73 Å². The third-order valence-electron chi connectivity index (χ3n) is 3.24. The maximum absolute atomic E-state index is 6.19. The largest absolute Gasteiger partial charge is 0.327 e. The third-order valence-corrected chi connectivity index (χ3v) is 4.60. The van der Waals surface area contributed by atoms with Crippen molar-refractivity contribution in [3.63, 3.8) is 0 Å². The number of thioether (sulfide) groups is 1. The van der Waals surface area contributed by atoms with Crippen LogP contribution in [0.5, 0.6) is 0 Å². The van der Waals surface area contributed by atoms with Crippen LogP contribution in [0.2, 0.25) is 0 Å². The Balaban J connectivity index is 1.77. The second-order valence-electron chi connectivity index (χ2n) is 4.82. The molecule has 0 saturated carbocycles. The van der Waals surface area contributed by atoms with Gasteiger partial charge in [0.25, 0.3) is 0 Å². The summed E-state index contributed by atoms with van der Waals surface area (Å²) in [5.41, 5.74) is 8.76. The topological polar surface area (TPSA) is 43.8 Å². The summed E-state index contributed by atoms with van der Waals surface area (Å²) in [6, 6.07) is 10.7. The molecular formula is C15H21N3S. The van der Waals surface area contributed by atoms with Gasteiger partial charge in [-0.25, -0.2) is 0 Å². The number of benzene rings is 1. The summed E-state index contributed by atoms with van der Waals surface area (Å²) in [6.45, 7) is 2.14. The van der Waals surface area contributed by atoms with Crippen LogP contribution >= 0.6 is 11.8 Å². The number of aromatic nitrogens is 2. The van der Waals surface area contributed by atoms with Gasteiger partial charge >= 0.3 is 0 Å². The molecule has 0 radical (unpaired) electrons. The molecule has 1 aromatic carbocycles. The molecule has 0 aliphatic rings. The first-order chi connectivity index (χ1) is 9.16. The van der Waals surface area contributed by atoms with Gasteiger partial charge in [0.15, 0.2) is 0 Å². The maximum atomic E-state index is 6.19. The third kappa shape index (κ3) is 4.11. The normalized spacial score (nSPS) is 12.6. The molecule has 19 heavy (non-hydrogen) atoms. The highest BCUT2D eigenvalue weighted by Crippen LogP contribution is 2.22. The number of nitrogens with zero attached hydrogens (tertiary/aromatic N) is 2. The fourth-order valence-electron chi connectivity index (χ4n) is 1.98. The first-order valence-corrected chi connectivity index (χ1v) is 7.56. The van der Waals surface area contributed by atoms with Gasteiger partial charge in [-0.15, -0.1) is 11.8 Å². The van der Waals surface area contributed by atoms with Gasteiger partial charge in [-0.3, -0.25) is 4.68 Å². The molecule has 0 aliphatic heterocycles. The van der Waals surface area contributed by atoms with Gasteiger partial charge in [0, 0.05) is 35.6 Å². The summed E-state index contributed by atoms with van der Waals surface area (Å²) in [5, 5.41) is 4.17. The molecule has 1 atom stereocenters. The highest BCUT2D eigenvalue weighted by molar-refractivity contribution is 7.99. The maximum Gasteiger partial charge on any atom is 0.0492 e. The Labute approximate surface area is 119 Å². The molecule has 0 fully saturated rings. The summed E-state index contributed by atoms with van der Waals surface area (Å²) < 4.78 is 1.92. The van der Waals surface area contributed by atoms with Crippen LogP contribution in [-0.4, -0.2) is 21.6 Å². The summed E-state index contributed by atoms with van der Waals surface area (Å²) in [7, 11) is 1.98. The molecule has 0 saturated heterocycles. The van der Waals surface area contributed by atoms with Gasteiger partial charge in [-0.2, -0.15) is 5.10 Å². The fraction of sp³-hybridized carbons (Fsp3) is 0.400. The van der Waals surface area contributed by atoms with Crippen molar-refractivity contribution in [2.45, 2.75) is 30.7 Å². The van der Waals surface area contributed by atoms with Gasteiger partial charge in [0.05, 0.1) is 0 Å². The van der Waals surface area contributed by atoms with E-state index in [1.165, 1.54) is 16.2 Å². The minimum absolute atomic E-state index is 0.222. The highest BCUT2D eigenvalue weighted by atomic mass is 32.2. The number of nitrogens with two attached hydrogens (primary N) is 1. The van der Waals surface area contributed by atoms with E-state index in [9.17, 15) is 0 Å². The molecular weight excluding hydrogens is 254 g/mol. The standard InChI is InChI=1S/C15H21N3S/c1-12-5-3-4-6-15(12)19-11-13(16)7-8-14-9-10-17-18(14)2/h3-6,9-10,13H,7-8,11,16H2,1-2H3. The molecule has 1 heterocycles. The van der Waals surface area contributed by atoms with E-state index in [0.29, 0.717) is 0 Å². The zero-order chi connectivity index (χ0) is 13.7. The van der Waals surface area contributed by atoms with E-state index < -0.39 is 0 Å². The van der Waals surface area contributed by atoms with Crippen molar-refractivity contribution in [1.29, 1.82) is 0 Å². The fourth-order valence-corrected chi connectivity index (χ4v) is 3.01. The molecule has 4 heteroatoms. The molecule has 1 unspecified atom stereocenters. The summed E-state index contributed by atoms with van der Waals surface area (Å²) >= 11 is 1.85. The van der Waals surface area contributed by atoms with Crippen LogP contribution in [0.25, 0.3) is 0 Å². The Morgan fingerprint density at radius 1 is 1.32 bits per heavy atom. The minimum Gasteiger partial charge on any atom is -0.327 e. The van der Waals surface area contributed by atoms with Crippen LogP contribution in [-0.2, 0) is 13.5 Å². The van der Waals surface area contributed by atoms with Gasteiger partial charge < -0.3 is 5.73 Å². The summed E-state index contributed by atoms with van der Waals surface area (Å²) in [6.07, 6.45) is 3.83. The summed E-state index contributed by atoms with van der Waals surface area (Å²) in [4.78, 5) is 1.33. The zero-order valence-electron chi connectivity index (χ0n) is 11.5. The van der Waals surface area contributed by atoms with E-state index in [-0.39, 0.29) is 6.04 Å². The number of rotatable bonds is 6. The van der Waals surface area contributed by atoms with Crippen molar-refractivity contribution < 1.29 is 0 Å². The molecule has 0 bridgehead atoms. The number of aryl methyl sites for hydroxylation is 3. The zero-order valence-corrected chi connectivity index (χ0v) is 12.4. The minimum atomic E-state index is 0.222. The van der Waals surface area contributed by atoms with E-state index >= 15 is 0 Å². The predicted octanol–water partition coefficient (Wildman–Crippen LogP) is 2.78. The molecule has 2 N–H and O–H groups in total. The molecule has 2 aromatic rings. The van der Waals surface area contributed by atoms with Gasteiger partial charge in [-0.1, -0.05) is 18.2 Å². The van der Waals surface area contributed by atoms with E-state index in [1.807, 2.05) is 29.7 Å². The Hall–Kier alpha value is -1.26. The van der Waals surface area contributed by atoms with Gasteiger partial charge in [0.1, 0.15) is 0 Å². The molecule has 0 aliphatic carbocycles. The van der Waals surface area contributed by atoms with Crippen molar-refractivity contribution in [1.82, 2.24) is 9.78 Å². The quantitative estimate of drug-likeness (QED) is 0.824. The average Bonchev–Trinajstić information content (AvgIpc) is 2.81. The molecule has 3 nitrogen and oxygen atoms in total. The van der Waals surface area contributed by atoms with Crippen molar-refractivity contribution in [3.8, 4) is 0 Å². The van der Waals surface area contributed by atoms with Crippen LogP contribution in [0, 0.1) is 6.92 Å². The number of hydrogen-bond donors (Lipinski definition) is 1. The molecule has 0 spiro atoms. The molecule has 2 rings (SSSR count). The SMILES string of the molecule is Cc1ccccc1SCC(N)CCc1ccnn1C. The molecule has 0 amide bonds. The highest BCUT2D eigenvalue weighted by Gasteiger charge is 2.07. The Morgan fingerprint density at radius 2 is 2.11 bits per heavy atom. The van der Waals surface area contributed by atoms with Crippen molar-refractivity contribution in [2.75, 3.05) is 5.75 Å². The lowest BCUT2D eigenvalue weighted by Crippen LogP contribution is -2.23. The average molecular weight is 275 g/mol. The Bertz CT molecular complexity index is 522. The lowest BCUT2D eigenvalue weighted by Gasteiger charge is -2.12. The lowest BCUT2D eigenvalue weighted by molar-refractivity contribution is 0.629. The van der Waals surface area contributed by atoms with Gasteiger partial charge in [0.2, 0.25) is 0 Å². The van der Waals surface area contributed by atoms with E-state index in [2.05, 4.69) is 42.4 Å². The van der Waals surface area contributed by atoms with E-state index in [1.54, 1.807) is 0 Å². The smallest absolute Gasteiger partial charge is 0.0492 e. The lowest BCUT2D eigenvalue weighted by atomic mass is 10.1. The molecule has 1 aromatic heterocycles. The van der Waals surface area contributed by atoms with Crippen molar-refractivity contribution >= 4 is 11.8 Å². The van der Waals surface area contributed by atoms with Crippen LogP contribution in [0.3, 0.4) is 0 Å². The number of hydrogen-bond acceptors (Lipinski definition) is 3. The van der Waals surface area contributed by atoms with Crippen molar-refractivity contribution in [2.24, 2.45) is 12.8 Å². The van der Waals surface area contributed by atoms with E-state index in [4.69, 9.17) is 5.73 Å². The van der Waals surface area contributed by atoms with Crippen LogP contribution in [0.15, 0.2) is 41.4 Å². The predicted molar refractivity (Wildman–Crippen MR) is 81.4 cm³/mol. The molecule has 102 valence electrons. The second-order valence-corrected chi connectivity index (χ2v) is 5.88. The Kier molecular flexibility index (Phi) is 5.05. The van der Waals surface area contributed by atoms with Crippen LogP contribution in [0.4, 0.5) is 0 Å². The second kappa shape index (κ2) is 6.78.